The van der Waals surface area contributed by atoms with Gasteiger partial charge in [-0.3, -0.25) is 9.69 Å². The molecule has 4 fully saturated rings. The van der Waals surface area contributed by atoms with Gasteiger partial charge in [-0.05, 0) is 68.7 Å². The zero-order chi connectivity index (χ0) is 34.4. The number of carbonyl (C=O) groups is 1. The van der Waals surface area contributed by atoms with Crippen molar-refractivity contribution in [2.45, 2.75) is 62.7 Å². The Balaban J connectivity index is 1.28. The number of hydrogen-bond acceptors (Lipinski definition) is 10. The molecule has 262 valence electrons. The van der Waals surface area contributed by atoms with Gasteiger partial charge in [0.1, 0.15) is 29.9 Å². The largest absolute Gasteiger partial charge is 0.468 e. The first-order valence-corrected chi connectivity index (χ1v) is 17.4. The fourth-order valence-electron chi connectivity index (χ4n) is 8.08. The summed E-state index contributed by atoms with van der Waals surface area (Å²) in [6.07, 6.45) is 10.7. The number of fused-ring (bicyclic) bond motifs is 3. The third-order valence-corrected chi connectivity index (χ3v) is 10.7. The Morgan fingerprint density at radius 3 is 2.78 bits per heavy atom. The first-order chi connectivity index (χ1) is 24.4. The number of terminal acetylenes is 1. The Hall–Kier alpha value is -4.38. The molecule has 0 amide bonds. The van der Waals surface area contributed by atoms with E-state index < -0.39 is 17.8 Å². The number of ketones is 1. The van der Waals surface area contributed by atoms with E-state index in [-0.39, 0.29) is 47.9 Å². The van der Waals surface area contributed by atoms with E-state index in [0.29, 0.717) is 72.8 Å². The second kappa shape index (κ2) is 13.4. The van der Waals surface area contributed by atoms with Gasteiger partial charge >= 0.3 is 6.01 Å². The highest BCUT2D eigenvalue weighted by Gasteiger charge is 2.49. The standard InChI is InChI=1S/C37H40F2N6O5/c1-3-27-29(39)10-9-23-17-26(50-22-47-2)18-28(30(23)27)32(46)35-40-33-31(45(35)25-7-4-8-25)34(43-12-6-15-48-16-14-43)42-36(41-33)49-21-37-11-5-13-44(37)20-24(38)19-37/h1,9-10,17-18,24-25H,4-8,11-16,19-22H2,2H3/t24-,37+/m1/s1. The number of imidazole rings is 1. The lowest BCUT2D eigenvalue weighted by molar-refractivity contribution is 0.0511. The summed E-state index contributed by atoms with van der Waals surface area (Å²) in [7, 11) is 1.50. The van der Waals surface area contributed by atoms with E-state index in [1.807, 2.05) is 4.57 Å². The number of hydrogen-bond donors (Lipinski definition) is 0. The van der Waals surface area contributed by atoms with Gasteiger partial charge in [0, 0.05) is 56.8 Å². The van der Waals surface area contributed by atoms with Gasteiger partial charge in [0.25, 0.3) is 0 Å². The maximum absolute atomic E-state index is 15.1. The summed E-state index contributed by atoms with van der Waals surface area (Å²) in [5, 5.41) is 0.851. The lowest BCUT2D eigenvalue weighted by Crippen LogP contribution is -2.43. The second-order valence-electron chi connectivity index (χ2n) is 13.7. The van der Waals surface area contributed by atoms with Crippen LogP contribution in [0, 0.1) is 18.2 Å². The van der Waals surface area contributed by atoms with Crippen molar-refractivity contribution in [1.29, 1.82) is 0 Å². The highest BCUT2D eigenvalue weighted by atomic mass is 19.1. The molecular weight excluding hydrogens is 646 g/mol. The van der Waals surface area contributed by atoms with Crippen LogP contribution in [0.2, 0.25) is 0 Å². The fourth-order valence-corrected chi connectivity index (χ4v) is 8.08. The Labute approximate surface area is 288 Å². The van der Waals surface area contributed by atoms with Gasteiger partial charge in [-0.15, -0.1) is 6.42 Å². The van der Waals surface area contributed by atoms with Crippen molar-refractivity contribution in [3.63, 3.8) is 0 Å². The molecule has 5 heterocycles. The van der Waals surface area contributed by atoms with Crippen LogP contribution in [-0.4, -0.2) is 102 Å². The Morgan fingerprint density at radius 1 is 1.10 bits per heavy atom. The quantitative estimate of drug-likeness (QED) is 0.125. The van der Waals surface area contributed by atoms with Gasteiger partial charge in [0.15, 0.2) is 24.1 Å². The fraction of sp³-hybridized carbons (Fsp3) is 0.514. The predicted octanol–water partition coefficient (Wildman–Crippen LogP) is 5.22. The smallest absolute Gasteiger partial charge is 0.320 e. The van der Waals surface area contributed by atoms with E-state index in [9.17, 15) is 9.18 Å². The molecule has 0 unspecified atom stereocenters. The number of anilines is 1. The van der Waals surface area contributed by atoms with Crippen LogP contribution in [0.25, 0.3) is 21.9 Å². The van der Waals surface area contributed by atoms with Crippen LogP contribution >= 0.6 is 0 Å². The van der Waals surface area contributed by atoms with Gasteiger partial charge in [-0.25, -0.2) is 13.8 Å². The summed E-state index contributed by atoms with van der Waals surface area (Å²) in [6.45, 7) is 3.88. The monoisotopic (exact) mass is 686 g/mol. The highest BCUT2D eigenvalue weighted by molar-refractivity contribution is 6.17. The van der Waals surface area contributed by atoms with Crippen molar-refractivity contribution in [3.8, 4) is 24.1 Å². The normalized spacial score (nSPS) is 22.8. The van der Waals surface area contributed by atoms with E-state index in [1.165, 1.54) is 13.2 Å². The molecular formula is C37H40F2N6O5. The number of alkyl halides is 1. The highest BCUT2D eigenvalue weighted by Crippen LogP contribution is 2.42. The molecule has 8 rings (SSSR count). The lowest BCUT2D eigenvalue weighted by atomic mass is 9.91. The average Bonchev–Trinajstić information content (AvgIpc) is 3.66. The summed E-state index contributed by atoms with van der Waals surface area (Å²) in [5.41, 5.74) is 0.715. The van der Waals surface area contributed by atoms with Crippen LogP contribution in [0.15, 0.2) is 24.3 Å². The van der Waals surface area contributed by atoms with Crippen LogP contribution in [-0.2, 0) is 9.47 Å². The maximum Gasteiger partial charge on any atom is 0.320 e. The summed E-state index contributed by atoms with van der Waals surface area (Å²) < 4.78 is 54.7. The molecule has 11 nitrogen and oxygen atoms in total. The Bertz CT molecular complexity index is 1980. The van der Waals surface area contributed by atoms with E-state index in [4.69, 9.17) is 40.3 Å². The van der Waals surface area contributed by atoms with Crippen molar-refractivity contribution >= 4 is 33.5 Å². The van der Waals surface area contributed by atoms with Crippen LogP contribution in [0.4, 0.5) is 14.6 Å². The molecule has 2 aromatic carbocycles. The minimum Gasteiger partial charge on any atom is -0.468 e. The molecule has 3 aliphatic heterocycles. The number of ether oxygens (including phenoxy) is 4. The van der Waals surface area contributed by atoms with Crippen LogP contribution < -0.4 is 14.4 Å². The first-order valence-electron chi connectivity index (χ1n) is 17.4. The predicted molar refractivity (Wildman–Crippen MR) is 182 cm³/mol. The molecule has 4 aromatic rings. The number of aromatic nitrogens is 4. The minimum absolute atomic E-state index is 0.0149. The number of nitrogens with zero attached hydrogens (tertiary/aromatic N) is 6. The van der Waals surface area contributed by atoms with Gasteiger partial charge in [-0.1, -0.05) is 12.0 Å². The topological polar surface area (TPSA) is 104 Å². The molecule has 0 N–H and O–H groups in total. The van der Waals surface area contributed by atoms with Crippen molar-refractivity contribution in [1.82, 2.24) is 24.4 Å². The maximum atomic E-state index is 15.1. The summed E-state index contributed by atoms with van der Waals surface area (Å²) >= 11 is 0. The minimum atomic E-state index is -0.889. The number of methoxy groups -OCH3 is 1. The first kappa shape index (κ1) is 32.8. The summed E-state index contributed by atoms with van der Waals surface area (Å²) in [5.74, 6) is 2.53. The Morgan fingerprint density at radius 2 is 1.98 bits per heavy atom. The summed E-state index contributed by atoms with van der Waals surface area (Å²) in [4.78, 5) is 33.9. The van der Waals surface area contributed by atoms with Crippen LogP contribution in [0.3, 0.4) is 0 Å². The summed E-state index contributed by atoms with van der Waals surface area (Å²) in [6, 6.07) is 6.24. The zero-order valence-corrected chi connectivity index (χ0v) is 28.1. The lowest BCUT2D eigenvalue weighted by Gasteiger charge is -2.31. The molecule has 2 atom stereocenters. The SMILES string of the molecule is C#Cc1c(F)ccc2cc(OCOC)cc(C(=O)c3nc4nc(OC[C@@]56CCCN5C[C@H](F)C6)nc(N5CCCOCC5)c4n3C3CCC3)c12. The van der Waals surface area contributed by atoms with E-state index in [2.05, 4.69) is 15.7 Å². The number of benzene rings is 2. The number of carbonyl (C=O) groups excluding carboxylic acids is 1. The third-order valence-electron chi connectivity index (χ3n) is 10.7. The van der Waals surface area contributed by atoms with Gasteiger partial charge in [0.2, 0.25) is 5.78 Å². The molecule has 13 heteroatoms. The molecule has 50 heavy (non-hydrogen) atoms. The van der Waals surface area contributed by atoms with Crippen molar-refractivity contribution in [3.05, 3.63) is 47.0 Å². The van der Waals surface area contributed by atoms with E-state index in [1.54, 1.807) is 18.2 Å². The third kappa shape index (κ3) is 5.73. The molecule has 2 aromatic heterocycles. The van der Waals surface area contributed by atoms with E-state index in [0.717, 1.165) is 45.1 Å². The molecule has 0 radical (unpaired) electrons. The zero-order valence-electron chi connectivity index (χ0n) is 28.1. The Kier molecular flexibility index (Phi) is 8.79. The number of rotatable bonds is 10. The molecule has 1 aliphatic carbocycles. The molecule has 3 saturated heterocycles. The van der Waals surface area contributed by atoms with Crippen LogP contribution in [0.5, 0.6) is 11.8 Å². The van der Waals surface area contributed by atoms with Gasteiger partial charge in [-0.2, -0.15) is 9.97 Å². The molecule has 0 spiro atoms. The van der Waals surface area contributed by atoms with Crippen molar-refractivity contribution in [2.75, 3.05) is 64.8 Å². The van der Waals surface area contributed by atoms with Crippen molar-refractivity contribution in [2.24, 2.45) is 0 Å². The van der Waals surface area contributed by atoms with Gasteiger partial charge in [0.05, 0.1) is 17.7 Å². The van der Waals surface area contributed by atoms with Gasteiger partial charge < -0.3 is 28.4 Å². The van der Waals surface area contributed by atoms with Crippen molar-refractivity contribution < 1.29 is 32.5 Å². The molecule has 1 saturated carbocycles. The number of halogens is 2. The average molecular weight is 687 g/mol. The molecule has 4 aliphatic rings. The second-order valence-corrected chi connectivity index (χ2v) is 13.7. The van der Waals surface area contributed by atoms with Crippen LogP contribution in [0.1, 0.15) is 72.7 Å². The molecule has 0 bridgehead atoms. The van der Waals surface area contributed by atoms with E-state index >= 15 is 4.39 Å².